The van der Waals surface area contributed by atoms with Gasteiger partial charge in [-0.05, 0) is 0 Å². The first-order valence-corrected chi connectivity index (χ1v) is 6.90. The van der Waals surface area contributed by atoms with Crippen molar-refractivity contribution in [2.75, 3.05) is 39.6 Å². The number of aliphatic hydroxyl groups excluding tert-OH is 12. The molecule has 24 heavy (non-hydrogen) atoms. The van der Waals surface area contributed by atoms with Gasteiger partial charge < -0.3 is 61.3 Å². The fourth-order valence-corrected chi connectivity index (χ4v) is 0.787. The fraction of sp³-hybridized carbons (Fsp3) is 1.00. The molecule has 0 spiro atoms. The molecule has 0 saturated carbocycles. The maximum Gasteiger partial charge on any atom is 0.111 e. The summed E-state index contributed by atoms with van der Waals surface area (Å²) in [6, 6.07) is 0. The Morgan fingerprint density at radius 2 is 0.583 bits per heavy atom. The zero-order valence-electron chi connectivity index (χ0n) is 13.1. The Labute approximate surface area is 138 Å². The summed E-state index contributed by atoms with van der Waals surface area (Å²) in [5.74, 6) is 0. The Morgan fingerprint density at radius 3 is 0.667 bits per heavy atom. The Kier molecular flexibility index (Phi) is 22.3. The van der Waals surface area contributed by atoms with Crippen molar-refractivity contribution in [3.63, 3.8) is 0 Å². The van der Waals surface area contributed by atoms with Crippen LogP contribution >= 0.6 is 0 Å². The van der Waals surface area contributed by atoms with Crippen LogP contribution in [0, 0.1) is 0 Å². The topological polar surface area (TPSA) is 243 Å². The third-order valence-electron chi connectivity index (χ3n) is 2.36. The average molecular weight is 366 g/mol. The molecule has 0 fully saturated rings. The summed E-state index contributed by atoms with van der Waals surface area (Å²) in [7, 11) is 0. The van der Waals surface area contributed by atoms with Crippen molar-refractivity contribution >= 4 is 0 Å². The lowest BCUT2D eigenvalue weighted by atomic mass is 10.0. The van der Waals surface area contributed by atoms with Gasteiger partial charge in [0, 0.05) is 0 Å². The summed E-state index contributed by atoms with van der Waals surface area (Å²) in [5.41, 5.74) is 0. The summed E-state index contributed by atoms with van der Waals surface area (Å²) in [5, 5.41) is 100. The van der Waals surface area contributed by atoms with Crippen molar-refractivity contribution in [2.24, 2.45) is 0 Å². The molecule has 0 aliphatic rings. The van der Waals surface area contributed by atoms with Crippen molar-refractivity contribution in [1.82, 2.24) is 0 Å². The molecule has 150 valence electrons. The predicted molar refractivity (Wildman–Crippen MR) is 78.6 cm³/mol. The minimum Gasteiger partial charge on any atom is -0.394 e. The lowest BCUT2D eigenvalue weighted by Crippen LogP contribution is -2.46. The number of hydrogen-bond donors (Lipinski definition) is 12. The van der Waals surface area contributed by atoms with Gasteiger partial charge in [0.25, 0.3) is 0 Å². The van der Waals surface area contributed by atoms with Crippen LogP contribution in [0.15, 0.2) is 0 Å². The van der Waals surface area contributed by atoms with Gasteiger partial charge in [0.2, 0.25) is 0 Å². The molecule has 0 radical (unpaired) electrons. The molecule has 12 nitrogen and oxygen atoms in total. The fourth-order valence-electron chi connectivity index (χ4n) is 0.787. The summed E-state index contributed by atoms with van der Waals surface area (Å²) in [6.45, 7) is -2.91. The van der Waals surface area contributed by atoms with Crippen molar-refractivity contribution in [2.45, 2.75) is 36.6 Å². The molecule has 0 rings (SSSR count). The highest BCUT2D eigenvalue weighted by molar-refractivity contribution is 4.79. The standard InChI is InChI=1S/C6H14O6.2C3H8O3/c7-1-3(9)5(11)6(12)4(10)2-8;2*4-1-3(6)2-5/h3-12H,1-2H2;2*3-6H,1-2H2/t3-,4+,5-,6-;;/m1../s1. The molecule has 0 aromatic rings. The summed E-state index contributed by atoms with van der Waals surface area (Å²) < 4.78 is 0. The van der Waals surface area contributed by atoms with Crippen LogP contribution in [0.5, 0.6) is 0 Å². The Hall–Kier alpha value is -0.480. The van der Waals surface area contributed by atoms with Crippen LogP contribution in [0.3, 0.4) is 0 Å². The Balaban J connectivity index is -0.000000309. The second kappa shape index (κ2) is 18.9. The smallest absolute Gasteiger partial charge is 0.111 e. The van der Waals surface area contributed by atoms with Gasteiger partial charge in [0.1, 0.15) is 36.6 Å². The first-order chi connectivity index (χ1) is 11.2. The van der Waals surface area contributed by atoms with Crippen LogP contribution < -0.4 is 0 Å². The summed E-state index contributed by atoms with van der Waals surface area (Å²) in [4.78, 5) is 0. The van der Waals surface area contributed by atoms with E-state index in [9.17, 15) is 0 Å². The molecule has 0 heterocycles. The van der Waals surface area contributed by atoms with E-state index in [1.807, 2.05) is 0 Å². The Morgan fingerprint density at radius 1 is 0.375 bits per heavy atom. The third-order valence-corrected chi connectivity index (χ3v) is 2.36. The van der Waals surface area contributed by atoms with Gasteiger partial charge in [-0.1, -0.05) is 0 Å². The van der Waals surface area contributed by atoms with Crippen LogP contribution in [0.4, 0.5) is 0 Å². The lowest BCUT2D eigenvalue weighted by Gasteiger charge is -2.24. The number of aliphatic hydroxyl groups is 12. The van der Waals surface area contributed by atoms with E-state index in [2.05, 4.69) is 0 Å². The predicted octanol–water partition coefficient (Wildman–Crippen LogP) is -6.92. The molecule has 0 aliphatic heterocycles. The molecule has 0 unspecified atom stereocenters. The van der Waals surface area contributed by atoms with Gasteiger partial charge in [-0.3, -0.25) is 0 Å². The van der Waals surface area contributed by atoms with Gasteiger partial charge in [0.15, 0.2) is 0 Å². The maximum absolute atomic E-state index is 8.96. The van der Waals surface area contributed by atoms with E-state index in [0.29, 0.717) is 0 Å². The monoisotopic (exact) mass is 366 g/mol. The zero-order valence-corrected chi connectivity index (χ0v) is 13.1. The molecule has 0 saturated heterocycles. The molecule has 0 amide bonds. The SMILES string of the molecule is OCC(O)CO.OCC(O)CO.OC[C@@H](O)[C@@H](O)[C@H](O)[C@@H](O)CO. The highest BCUT2D eigenvalue weighted by atomic mass is 16.4. The molecular formula is C12H30O12. The molecule has 0 aliphatic carbocycles. The molecular weight excluding hydrogens is 336 g/mol. The van der Waals surface area contributed by atoms with Crippen LogP contribution in [0.2, 0.25) is 0 Å². The van der Waals surface area contributed by atoms with Crippen molar-refractivity contribution in [3.8, 4) is 0 Å². The second-order valence-electron chi connectivity index (χ2n) is 4.52. The van der Waals surface area contributed by atoms with E-state index >= 15 is 0 Å². The van der Waals surface area contributed by atoms with Crippen molar-refractivity contribution in [1.29, 1.82) is 0 Å². The first kappa shape index (κ1) is 28.3. The van der Waals surface area contributed by atoms with Crippen LogP contribution in [0.1, 0.15) is 0 Å². The number of rotatable bonds is 9. The zero-order chi connectivity index (χ0) is 19.7. The third kappa shape index (κ3) is 16.4. The highest BCUT2D eigenvalue weighted by Crippen LogP contribution is 2.04. The van der Waals surface area contributed by atoms with E-state index in [1.54, 1.807) is 0 Å². The van der Waals surface area contributed by atoms with Crippen molar-refractivity contribution < 1.29 is 61.3 Å². The molecule has 12 N–H and O–H groups in total. The maximum atomic E-state index is 8.96. The molecule has 0 bridgehead atoms. The van der Waals surface area contributed by atoms with E-state index in [-0.39, 0.29) is 26.4 Å². The minimum atomic E-state index is -1.67. The van der Waals surface area contributed by atoms with E-state index in [4.69, 9.17) is 61.3 Å². The molecule has 4 atom stereocenters. The van der Waals surface area contributed by atoms with Gasteiger partial charge >= 0.3 is 0 Å². The lowest BCUT2D eigenvalue weighted by molar-refractivity contribution is -0.123. The van der Waals surface area contributed by atoms with Gasteiger partial charge in [-0.25, -0.2) is 0 Å². The van der Waals surface area contributed by atoms with Crippen molar-refractivity contribution in [3.05, 3.63) is 0 Å². The van der Waals surface area contributed by atoms with E-state index < -0.39 is 49.8 Å². The first-order valence-electron chi connectivity index (χ1n) is 6.90. The minimum absolute atomic E-state index is 0.365. The van der Waals surface area contributed by atoms with Gasteiger partial charge in [-0.2, -0.15) is 0 Å². The Bertz CT molecular complexity index is 212. The molecule has 0 aromatic carbocycles. The highest BCUT2D eigenvalue weighted by Gasteiger charge is 2.29. The summed E-state index contributed by atoms with van der Waals surface area (Å²) in [6.07, 6.45) is -8.30. The van der Waals surface area contributed by atoms with Gasteiger partial charge in [0.05, 0.1) is 39.6 Å². The summed E-state index contributed by atoms with van der Waals surface area (Å²) >= 11 is 0. The number of hydrogen-bond acceptors (Lipinski definition) is 12. The van der Waals surface area contributed by atoms with Gasteiger partial charge in [-0.15, -0.1) is 0 Å². The van der Waals surface area contributed by atoms with Crippen LogP contribution in [-0.4, -0.2) is 138 Å². The normalized spacial score (nSPS) is 15.8. The van der Waals surface area contributed by atoms with Crippen LogP contribution in [-0.2, 0) is 0 Å². The molecule has 12 heteroatoms. The largest absolute Gasteiger partial charge is 0.394 e. The quantitative estimate of drug-likeness (QED) is 0.182. The second-order valence-corrected chi connectivity index (χ2v) is 4.52. The van der Waals surface area contributed by atoms with E-state index in [0.717, 1.165) is 0 Å². The average Bonchev–Trinajstić information content (AvgIpc) is 2.64. The van der Waals surface area contributed by atoms with Crippen LogP contribution in [0.25, 0.3) is 0 Å². The molecule has 0 aromatic heterocycles. The van der Waals surface area contributed by atoms with E-state index in [1.165, 1.54) is 0 Å².